The van der Waals surface area contributed by atoms with E-state index in [9.17, 15) is 14.0 Å². The third-order valence-corrected chi connectivity index (χ3v) is 5.53. The van der Waals surface area contributed by atoms with Gasteiger partial charge in [-0.25, -0.2) is 9.37 Å². The largest absolute Gasteiger partial charge is 0.340 e. The second kappa shape index (κ2) is 9.05. The number of amides is 1. The summed E-state index contributed by atoms with van der Waals surface area (Å²) >= 11 is 1.23. The fourth-order valence-electron chi connectivity index (χ4n) is 3.03. The van der Waals surface area contributed by atoms with E-state index in [1.54, 1.807) is 55.3 Å². The summed E-state index contributed by atoms with van der Waals surface area (Å²) in [6.07, 6.45) is 1.63. The zero-order valence-corrected chi connectivity index (χ0v) is 17.2. The quantitative estimate of drug-likeness (QED) is 0.337. The van der Waals surface area contributed by atoms with Crippen molar-refractivity contribution in [1.82, 2.24) is 14.5 Å². The third kappa shape index (κ3) is 4.74. The van der Waals surface area contributed by atoms with Crippen molar-refractivity contribution in [3.8, 4) is 0 Å². The number of halogens is 1. The Labute approximate surface area is 172 Å². The van der Waals surface area contributed by atoms with Crippen LogP contribution in [0.15, 0.2) is 71.1 Å². The minimum absolute atomic E-state index is 0.133. The molecule has 0 aliphatic carbocycles. The van der Waals surface area contributed by atoms with Gasteiger partial charge in [-0.2, -0.15) is 0 Å². The van der Waals surface area contributed by atoms with E-state index in [1.165, 1.54) is 28.5 Å². The number of aromatic nitrogens is 2. The minimum Gasteiger partial charge on any atom is -0.340 e. The van der Waals surface area contributed by atoms with Crippen LogP contribution in [0.1, 0.15) is 12.5 Å². The van der Waals surface area contributed by atoms with Crippen molar-refractivity contribution < 1.29 is 9.18 Å². The molecule has 1 amide bonds. The minimum atomic E-state index is -0.474. The SMILES string of the molecule is C=CCn1c(S[C@@H](C)C(=O)N(C)Cc2cccc(F)c2)nc2ccccc2c1=O. The van der Waals surface area contributed by atoms with Crippen LogP contribution in [0.5, 0.6) is 0 Å². The van der Waals surface area contributed by atoms with E-state index < -0.39 is 5.25 Å². The van der Waals surface area contributed by atoms with Gasteiger partial charge in [0.2, 0.25) is 5.91 Å². The van der Waals surface area contributed by atoms with E-state index in [4.69, 9.17) is 0 Å². The molecule has 1 heterocycles. The van der Waals surface area contributed by atoms with E-state index in [2.05, 4.69) is 11.6 Å². The first kappa shape index (κ1) is 20.8. The van der Waals surface area contributed by atoms with Crippen molar-refractivity contribution in [1.29, 1.82) is 0 Å². The van der Waals surface area contributed by atoms with E-state index in [0.717, 1.165) is 0 Å². The molecule has 0 bridgehead atoms. The molecule has 0 saturated carbocycles. The van der Waals surface area contributed by atoms with E-state index in [1.807, 2.05) is 6.07 Å². The van der Waals surface area contributed by atoms with Gasteiger partial charge in [-0.15, -0.1) is 6.58 Å². The van der Waals surface area contributed by atoms with Gasteiger partial charge in [0.15, 0.2) is 5.16 Å². The third-order valence-electron chi connectivity index (χ3n) is 4.45. The Morgan fingerprint density at radius 3 is 2.79 bits per heavy atom. The van der Waals surface area contributed by atoms with Gasteiger partial charge in [0.25, 0.3) is 5.56 Å². The molecule has 0 unspecified atom stereocenters. The van der Waals surface area contributed by atoms with Gasteiger partial charge in [-0.05, 0) is 36.8 Å². The molecular formula is C22H22FN3O2S. The van der Waals surface area contributed by atoms with Gasteiger partial charge in [0, 0.05) is 20.1 Å². The van der Waals surface area contributed by atoms with Gasteiger partial charge in [0.05, 0.1) is 16.2 Å². The van der Waals surface area contributed by atoms with Crippen molar-refractivity contribution in [2.24, 2.45) is 0 Å². The number of carbonyl (C=O) groups excluding carboxylic acids is 1. The van der Waals surface area contributed by atoms with Crippen molar-refractivity contribution in [3.05, 3.63) is 82.9 Å². The molecule has 1 atom stereocenters. The maximum Gasteiger partial charge on any atom is 0.262 e. The predicted molar refractivity (Wildman–Crippen MR) is 114 cm³/mol. The van der Waals surface area contributed by atoms with Crippen LogP contribution in [0.25, 0.3) is 10.9 Å². The van der Waals surface area contributed by atoms with Crippen LogP contribution in [0.4, 0.5) is 4.39 Å². The number of para-hydroxylation sites is 1. The summed E-state index contributed by atoms with van der Waals surface area (Å²) < 4.78 is 14.9. The molecule has 2 aromatic carbocycles. The van der Waals surface area contributed by atoms with Crippen molar-refractivity contribution in [3.63, 3.8) is 0 Å². The molecule has 0 fully saturated rings. The fourth-order valence-corrected chi connectivity index (χ4v) is 4.07. The Kier molecular flexibility index (Phi) is 6.49. The average Bonchev–Trinajstić information content (AvgIpc) is 2.70. The molecule has 5 nitrogen and oxygen atoms in total. The number of thioether (sulfide) groups is 1. The van der Waals surface area contributed by atoms with Crippen molar-refractivity contribution in [2.45, 2.75) is 30.4 Å². The molecule has 0 aliphatic rings. The Morgan fingerprint density at radius 2 is 2.07 bits per heavy atom. The Bertz CT molecular complexity index is 1110. The second-order valence-electron chi connectivity index (χ2n) is 6.70. The standard InChI is InChI=1S/C22H22FN3O2S/c1-4-12-26-21(28)18-10-5-6-11-19(18)24-22(26)29-15(2)20(27)25(3)14-16-8-7-9-17(23)13-16/h4-11,13,15H,1,12,14H2,2-3H3/t15-/m0/s1. The normalized spacial score (nSPS) is 12.0. The van der Waals surface area contributed by atoms with Crippen LogP contribution in [-0.4, -0.2) is 32.7 Å². The van der Waals surface area contributed by atoms with Gasteiger partial charge < -0.3 is 4.90 Å². The van der Waals surface area contributed by atoms with Crippen molar-refractivity contribution in [2.75, 3.05) is 7.05 Å². The summed E-state index contributed by atoms with van der Waals surface area (Å²) in [5, 5.41) is 0.521. The van der Waals surface area contributed by atoms with Crippen LogP contribution < -0.4 is 5.56 Å². The highest BCUT2D eigenvalue weighted by molar-refractivity contribution is 8.00. The highest BCUT2D eigenvalue weighted by atomic mass is 32.2. The second-order valence-corrected chi connectivity index (χ2v) is 8.01. The number of fused-ring (bicyclic) bond motifs is 1. The molecule has 7 heteroatoms. The van der Waals surface area contributed by atoms with Gasteiger partial charge >= 0.3 is 0 Å². The molecule has 0 spiro atoms. The van der Waals surface area contributed by atoms with Crippen molar-refractivity contribution >= 4 is 28.6 Å². The van der Waals surface area contributed by atoms with Gasteiger partial charge in [-0.3, -0.25) is 14.2 Å². The lowest BCUT2D eigenvalue weighted by molar-refractivity contribution is -0.129. The van der Waals surface area contributed by atoms with Crippen LogP contribution in [-0.2, 0) is 17.9 Å². The molecular weight excluding hydrogens is 389 g/mol. The summed E-state index contributed by atoms with van der Waals surface area (Å²) in [6.45, 7) is 6.09. The first-order chi connectivity index (χ1) is 13.9. The Balaban J connectivity index is 1.83. The summed E-state index contributed by atoms with van der Waals surface area (Å²) in [5.41, 5.74) is 1.14. The maximum absolute atomic E-state index is 13.4. The molecule has 3 aromatic rings. The summed E-state index contributed by atoms with van der Waals surface area (Å²) in [5.74, 6) is -0.466. The zero-order valence-electron chi connectivity index (χ0n) is 16.3. The lowest BCUT2D eigenvalue weighted by Crippen LogP contribution is -2.33. The Hall–Kier alpha value is -2.93. The summed E-state index contributed by atoms with van der Waals surface area (Å²) in [4.78, 5) is 31.8. The van der Waals surface area contributed by atoms with Crippen LogP contribution in [0.3, 0.4) is 0 Å². The highest BCUT2D eigenvalue weighted by Crippen LogP contribution is 2.24. The lowest BCUT2D eigenvalue weighted by Gasteiger charge is -2.22. The zero-order chi connectivity index (χ0) is 21.0. The topological polar surface area (TPSA) is 55.2 Å². The van der Waals surface area contributed by atoms with Gasteiger partial charge in [-0.1, -0.05) is 42.1 Å². The summed E-state index contributed by atoms with van der Waals surface area (Å²) in [6, 6.07) is 13.3. The lowest BCUT2D eigenvalue weighted by atomic mass is 10.2. The first-order valence-corrected chi connectivity index (χ1v) is 10.0. The van der Waals surface area contributed by atoms with Gasteiger partial charge in [0.1, 0.15) is 5.82 Å². The number of allylic oxidation sites excluding steroid dienone is 1. The van der Waals surface area contributed by atoms with E-state index in [-0.39, 0.29) is 17.3 Å². The first-order valence-electron chi connectivity index (χ1n) is 9.17. The molecule has 29 heavy (non-hydrogen) atoms. The molecule has 0 saturated heterocycles. The number of carbonyl (C=O) groups is 1. The Morgan fingerprint density at radius 1 is 1.31 bits per heavy atom. The molecule has 150 valence electrons. The summed E-state index contributed by atoms with van der Waals surface area (Å²) in [7, 11) is 1.68. The number of nitrogens with zero attached hydrogens (tertiary/aromatic N) is 3. The number of benzene rings is 2. The van der Waals surface area contributed by atoms with Crippen LogP contribution in [0.2, 0.25) is 0 Å². The predicted octanol–water partition coefficient (Wildman–Crippen LogP) is 3.86. The van der Waals surface area contributed by atoms with Crippen LogP contribution in [0, 0.1) is 5.82 Å². The maximum atomic E-state index is 13.4. The monoisotopic (exact) mass is 411 g/mol. The number of hydrogen-bond donors (Lipinski definition) is 0. The fraction of sp³-hybridized carbons (Fsp3) is 0.227. The van der Waals surface area contributed by atoms with Crippen LogP contribution >= 0.6 is 11.8 Å². The highest BCUT2D eigenvalue weighted by Gasteiger charge is 2.22. The number of hydrogen-bond acceptors (Lipinski definition) is 4. The van der Waals surface area contributed by atoms with E-state index >= 15 is 0 Å². The van der Waals surface area contributed by atoms with E-state index in [0.29, 0.717) is 34.7 Å². The molecule has 1 aromatic heterocycles. The smallest absolute Gasteiger partial charge is 0.262 e. The molecule has 0 aliphatic heterocycles. The molecule has 3 rings (SSSR count). The molecule has 0 radical (unpaired) electrons. The average molecular weight is 412 g/mol. The molecule has 0 N–H and O–H groups in total. The number of rotatable bonds is 7.